The molecule has 3 aliphatic rings. The van der Waals surface area contributed by atoms with Gasteiger partial charge in [-0.3, -0.25) is 4.90 Å². The highest BCUT2D eigenvalue weighted by atomic mass is 32.2. The standard InChI is InChI=1S/C26H32N4O4S/c1-34-13-12-28-17-26(18-28)9-11-30(26)35(32,33)21-6-7-25(29-10-8-20(31)16-29)22(15-21)24-14-19-4-2-3-5-23(19)27-24/h2-7,14-15,20,27,31H,8-13,16-18H2,1H3. The van der Waals surface area contributed by atoms with E-state index in [-0.39, 0.29) is 11.6 Å². The summed E-state index contributed by atoms with van der Waals surface area (Å²) < 4.78 is 34.5. The Balaban J connectivity index is 1.35. The monoisotopic (exact) mass is 496 g/mol. The van der Waals surface area contributed by atoms with E-state index >= 15 is 0 Å². The average Bonchev–Trinajstić information content (AvgIpc) is 3.43. The van der Waals surface area contributed by atoms with Crippen molar-refractivity contribution in [1.82, 2.24) is 14.2 Å². The molecule has 8 nitrogen and oxygen atoms in total. The zero-order chi connectivity index (χ0) is 24.2. The fraction of sp³-hybridized carbons (Fsp3) is 0.462. The van der Waals surface area contributed by atoms with Crippen molar-refractivity contribution in [2.24, 2.45) is 0 Å². The minimum atomic E-state index is -3.63. The summed E-state index contributed by atoms with van der Waals surface area (Å²) in [5.74, 6) is 0. The van der Waals surface area contributed by atoms with Crippen LogP contribution in [0.25, 0.3) is 22.2 Å². The van der Waals surface area contributed by atoms with Crippen LogP contribution in [0.2, 0.25) is 0 Å². The minimum absolute atomic E-state index is 0.286. The molecule has 2 aromatic carbocycles. The lowest BCUT2D eigenvalue weighted by Gasteiger charge is -2.61. The van der Waals surface area contributed by atoms with Gasteiger partial charge in [0, 0.05) is 74.2 Å². The second-order valence-electron chi connectivity index (χ2n) is 10.1. The number of anilines is 1. The van der Waals surface area contributed by atoms with Gasteiger partial charge in [-0.15, -0.1) is 0 Å². The van der Waals surface area contributed by atoms with Gasteiger partial charge in [-0.1, -0.05) is 18.2 Å². The predicted octanol–water partition coefficient (Wildman–Crippen LogP) is 2.50. The summed E-state index contributed by atoms with van der Waals surface area (Å²) in [6, 6.07) is 15.6. The lowest BCUT2D eigenvalue weighted by molar-refractivity contribution is -0.0785. The van der Waals surface area contributed by atoms with Gasteiger partial charge in [-0.2, -0.15) is 4.31 Å². The Hall–Kier alpha value is -2.43. The maximum absolute atomic E-state index is 13.8. The number of aliphatic hydroxyl groups is 1. The van der Waals surface area contributed by atoms with Crippen molar-refractivity contribution < 1.29 is 18.3 Å². The Morgan fingerprint density at radius 1 is 1.14 bits per heavy atom. The number of hydrogen-bond acceptors (Lipinski definition) is 6. The van der Waals surface area contributed by atoms with E-state index in [1.165, 1.54) is 0 Å². The number of benzene rings is 2. The van der Waals surface area contributed by atoms with Gasteiger partial charge < -0.3 is 19.7 Å². The molecule has 0 bridgehead atoms. The zero-order valence-corrected chi connectivity index (χ0v) is 20.8. The lowest BCUT2D eigenvalue weighted by atomic mass is 9.80. The summed E-state index contributed by atoms with van der Waals surface area (Å²) in [5, 5.41) is 11.2. The fourth-order valence-electron chi connectivity index (χ4n) is 5.85. The quantitative estimate of drug-likeness (QED) is 0.523. The van der Waals surface area contributed by atoms with Gasteiger partial charge >= 0.3 is 0 Å². The third-order valence-electron chi connectivity index (χ3n) is 7.84. The molecule has 1 atom stereocenters. The molecule has 1 aromatic heterocycles. The number of β-amino-alcohol motifs (C(OH)–C–C–N with tert-alkyl or cyclic N) is 1. The van der Waals surface area contributed by atoms with Crippen LogP contribution in [0.4, 0.5) is 5.69 Å². The largest absolute Gasteiger partial charge is 0.391 e. The molecule has 186 valence electrons. The van der Waals surface area contributed by atoms with Crippen molar-refractivity contribution in [3.05, 3.63) is 48.5 Å². The number of methoxy groups -OCH3 is 1. The summed E-state index contributed by atoms with van der Waals surface area (Å²) >= 11 is 0. The lowest BCUT2D eigenvalue weighted by Crippen LogP contribution is -2.77. The number of fused-ring (bicyclic) bond motifs is 1. The summed E-state index contributed by atoms with van der Waals surface area (Å²) in [5.41, 5.74) is 3.40. The van der Waals surface area contributed by atoms with Gasteiger partial charge in [0.1, 0.15) is 0 Å². The molecular weight excluding hydrogens is 464 g/mol. The highest BCUT2D eigenvalue weighted by molar-refractivity contribution is 7.89. The number of nitrogens with zero attached hydrogens (tertiary/aromatic N) is 3. The van der Waals surface area contributed by atoms with Crippen molar-refractivity contribution in [3.8, 4) is 11.3 Å². The number of sulfonamides is 1. The number of rotatable bonds is 7. The molecule has 1 unspecified atom stereocenters. The summed E-state index contributed by atoms with van der Waals surface area (Å²) in [7, 11) is -1.95. The number of likely N-dealkylation sites (tertiary alicyclic amines) is 1. The Bertz CT molecular complexity index is 1320. The Morgan fingerprint density at radius 3 is 2.66 bits per heavy atom. The first-order chi connectivity index (χ1) is 16.9. The molecule has 3 fully saturated rings. The number of aromatic amines is 1. The van der Waals surface area contributed by atoms with E-state index in [2.05, 4.69) is 20.9 Å². The number of H-pyrrole nitrogens is 1. The second-order valence-corrected chi connectivity index (χ2v) is 12.0. The van der Waals surface area contributed by atoms with Crippen molar-refractivity contribution in [3.63, 3.8) is 0 Å². The number of aliphatic hydroxyl groups excluding tert-OH is 1. The third kappa shape index (κ3) is 3.86. The number of hydrogen-bond donors (Lipinski definition) is 2. The average molecular weight is 497 g/mol. The Morgan fingerprint density at radius 2 is 1.97 bits per heavy atom. The Kier molecular flexibility index (Phi) is 5.65. The van der Waals surface area contributed by atoms with E-state index in [0.717, 1.165) is 60.4 Å². The van der Waals surface area contributed by atoms with Crippen LogP contribution in [0, 0.1) is 0 Å². The molecule has 2 N–H and O–H groups in total. The first-order valence-electron chi connectivity index (χ1n) is 12.3. The smallest absolute Gasteiger partial charge is 0.243 e. The summed E-state index contributed by atoms with van der Waals surface area (Å²) in [6.45, 7) is 4.85. The molecule has 1 spiro atoms. The van der Waals surface area contributed by atoms with Crippen LogP contribution in [0.1, 0.15) is 12.8 Å². The molecule has 9 heteroatoms. The highest BCUT2D eigenvalue weighted by Crippen LogP contribution is 2.44. The first kappa shape index (κ1) is 23.0. The summed E-state index contributed by atoms with van der Waals surface area (Å²) in [4.78, 5) is 8.19. The Labute approximate surface area is 206 Å². The molecule has 35 heavy (non-hydrogen) atoms. The summed E-state index contributed by atoms with van der Waals surface area (Å²) in [6.07, 6.45) is 1.24. The molecule has 4 heterocycles. The van der Waals surface area contributed by atoms with Crippen LogP contribution in [-0.4, -0.2) is 92.3 Å². The van der Waals surface area contributed by atoms with E-state index in [4.69, 9.17) is 4.74 Å². The van der Waals surface area contributed by atoms with E-state index in [9.17, 15) is 13.5 Å². The van der Waals surface area contributed by atoms with E-state index in [1.54, 1.807) is 17.5 Å². The first-order valence-corrected chi connectivity index (χ1v) is 13.7. The molecule has 0 radical (unpaired) electrons. The van der Waals surface area contributed by atoms with Crippen LogP contribution in [0.5, 0.6) is 0 Å². The topological polar surface area (TPSA) is 89.1 Å². The zero-order valence-electron chi connectivity index (χ0n) is 20.0. The maximum atomic E-state index is 13.8. The van der Waals surface area contributed by atoms with E-state index in [0.29, 0.717) is 31.0 Å². The highest BCUT2D eigenvalue weighted by Gasteiger charge is 2.57. The second kappa shape index (κ2) is 8.60. The van der Waals surface area contributed by atoms with Gasteiger partial charge in [0.15, 0.2) is 0 Å². The van der Waals surface area contributed by atoms with Crippen molar-refractivity contribution in [2.75, 3.05) is 57.9 Å². The van der Waals surface area contributed by atoms with Gasteiger partial charge in [0.25, 0.3) is 0 Å². The van der Waals surface area contributed by atoms with Crippen LogP contribution in [-0.2, 0) is 14.8 Å². The molecular formula is C26H32N4O4S. The van der Waals surface area contributed by atoms with Crippen molar-refractivity contribution >= 4 is 26.6 Å². The van der Waals surface area contributed by atoms with Crippen molar-refractivity contribution in [2.45, 2.75) is 29.4 Å². The van der Waals surface area contributed by atoms with E-state index in [1.807, 2.05) is 36.4 Å². The van der Waals surface area contributed by atoms with Crippen LogP contribution < -0.4 is 4.90 Å². The number of para-hydroxylation sites is 1. The number of ether oxygens (including phenoxy) is 1. The van der Waals surface area contributed by atoms with Gasteiger partial charge in [0.05, 0.1) is 23.1 Å². The molecule has 0 saturated carbocycles. The normalized spacial score (nSPS) is 22.6. The third-order valence-corrected chi connectivity index (χ3v) is 9.84. The minimum Gasteiger partial charge on any atom is -0.391 e. The van der Waals surface area contributed by atoms with Crippen LogP contribution in [0.3, 0.4) is 0 Å². The molecule has 0 amide bonds. The molecule has 3 aliphatic heterocycles. The molecule has 3 aromatic rings. The predicted molar refractivity (Wildman–Crippen MR) is 136 cm³/mol. The van der Waals surface area contributed by atoms with Gasteiger partial charge in [0.2, 0.25) is 10.0 Å². The van der Waals surface area contributed by atoms with Crippen LogP contribution in [0.15, 0.2) is 53.4 Å². The number of aromatic nitrogens is 1. The number of nitrogens with one attached hydrogen (secondary N) is 1. The van der Waals surface area contributed by atoms with Crippen molar-refractivity contribution in [1.29, 1.82) is 0 Å². The molecule has 6 rings (SSSR count). The maximum Gasteiger partial charge on any atom is 0.243 e. The van der Waals surface area contributed by atoms with Gasteiger partial charge in [-0.25, -0.2) is 8.42 Å². The molecule has 0 aliphatic carbocycles. The molecule has 3 saturated heterocycles. The fourth-order valence-corrected chi connectivity index (χ4v) is 7.66. The van der Waals surface area contributed by atoms with Crippen LogP contribution >= 0.6 is 0 Å². The SMILES string of the molecule is COCCN1CC2(CCN2S(=O)(=O)c2ccc(N3CCC(O)C3)c(-c3cc4ccccc4[nH]3)c2)C1. The van der Waals surface area contributed by atoms with E-state index < -0.39 is 10.0 Å². The van der Waals surface area contributed by atoms with Gasteiger partial charge in [-0.05, 0) is 43.2 Å².